The van der Waals surface area contributed by atoms with Gasteiger partial charge < -0.3 is 0 Å². The second-order valence-electron chi connectivity index (χ2n) is 3.54. The Morgan fingerprint density at radius 2 is 1.72 bits per heavy atom. The number of rotatable bonds is 2. The normalized spacial score (nSPS) is 16.6. The Morgan fingerprint density at radius 3 is 1.94 bits per heavy atom. The fourth-order valence-electron chi connectivity index (χ4n) is 1.02. The Balaban J connectivity index is 0.000000360. The van der Waals surface area contributed by atoms with E-state index >= 15 is 0 Å². The molecule has 0 spiro atoms. The number of nitrogens with zero attached hydrogens (tertiary/aromatic N) is 3. The molecule has 0 fully saturated rings. The van der Waals surface area contributed by atoms with Gasteiger partial charge in [0.2, 0.25) is 6.33 Å². The molecule has 1 aromatic heterocycles. The SMILES string of the molecule is CCC(C#N)n1cc[n+](C)c1.F[P-](F)(F)(F)(F)F. The van der Waals surface area contributed by atoms with Crippen LogP contribution in [0.5, 0.6) is 0 Å². The van der Waals surface area contributed by atoms with Crippen molar-refractivity contribution in [2.45, 2.75) is 19.4 Å². The van der Waals surface area contributed by atoms with E-state index in [1.807, 2.05) is 41.8 Å². The van der Waals surface area contributed by atoms with Crippen molar-refractivity contribution < 1.29 is 29.7 Å². The molecule has 0 saturated heterocycles. The molecule has 1 rings (SSSR count). The van der Waals surface area contributed by atoms with Crippen LogP contribution in [0.3, 0.4) is 0 Å². The third-order valence-electron chi connectivity index (χ3n) is 1.69. The number of aromatic nitrogens is 2. The molecule has 3 nitrogen and oxygen atoms in total. The maximum absolute atomic E-state index is 10.7. The van der Waals surface area contributed by atoms with Crippen molar-refractivity contribution in [3.8, 4) is 6.07 Å². The molecule has 1 aromatic rings. The van der Waals surface area contributed by atoms with Crippen molar-refractivity contribution in [1.29, 1.82) is 5.26 Å². The van der Waals surface area contributed by atoms with E-state index in [4.69, 9.17) is 5.26 Å². The maximum atomic E-state index is 9.87. The number of hydrogen-bond donors (Lipinski definition) is 0. The minimum atomic E-state index is -10.7. The molecule has 0 aliphatic heterocycles. The van der Waals surface area contributed by atoms with Gasteiger partial charge in [-0.3, -0.25) is 0 Å². The monoisotopic (exact) mass is 295 g/mol. The van der Waals surface area contributed by atoms with Crippen LogP contribution in [-0.2, 0) is 7.05 Å². The van der Waals surface area contributed by atoms with Crippen LogP contribution >= 0.6 is 7.81 Å². The molecule has 0 amide bonds. The Kier molecular flexibility index (Phi) is 4.11. The third kappa shape index (κ3) is 11.2. The van der Waals surface area contributed by atoms with Gasteiger partial charge in [-0.25, -0.2) is 9.13 Å². The Bertz CT molecular complexity index is 431. The summed E-state index contributed by atoms with van der Waals surface area (Å²) in [5.74, 6) is 0. The average molecular weight is 295 g/mol. The summed E-state index contributed by atoms with van der Waals surface area (Å²) in [4.78, 5) is 0. The molecule has 0 saturated carbocycles. The minimum absolute atomic E-state index is 0.0174. The zero-order chi connectivity index (χ0) is 14.7. The number of nitriles is 1. The summed E-state index contributed by atoms with van der Waals surface area (Å²) in [5.41, 5.74) is 0. The van der Waals surface area contributed by atoms with E-state index in [0.717, 1.165) is 6.42 Å². The Labute approximate surface area is 99.5 Å². The third-order valence-corrected chi connectivity index (χ3v) is 1.69. The van der Waals surface area contributed by atoms with Crippen molar-refractivity contribution in [1.82, 2.24) is 4.57 Å². The van der Waals surface area contributed by atoms with Gasteiger partial charge in [-0.05, 0) is 6.42 Å². The summed E-state index contributed by atoms with van der Waals surface area (Å²) in [5, 5.41) is 8.71. The first kappa shape index (κ1) is 16.7. The van der Waals surface area contributed by atoms with Crippen molar-refractivity contribution in [2.24, 2.45) is 7.05 Å². The second kappa shape index (κ2) is 4.43. The first-order valence-electron chi connectivity index (χ1n) is 4.71. The molecule has 1 atom stereocenters. The van der Waals surface area contributed by atoms with E-state index in [1.165, 1.54) is 0 Å². The predicted octanol–water partition coefficient (Wildman–Crippen LogP) is 4.17. The fourth-order valence-corrected chi connectivity index (χ4v) is 1.02. The molecule has 106 valence electrons. The summed E-state index contributed by atoms with van der Waals surface area (Å²) in [6.45, 7) is 2.01. The zero-order valence-electron chi connectivity index (χ0n) is 9.57. The van der Waals surface area contributed by atoms with E-state index in [0.29, 0.717) is 0 Å². The van der Waals surface area contributed by atoms with E-state index < -0.39 is 7.81 Å². The van der Waals surface area contributed by atoms with Crippen molar-refractivity contribution in [2.75, 3.05) is 0 Å². The first-order chi connectivity index (χ1) is 7.72. The van der Waals surface area contributed by atoms with Crippen LogP contribution in [0.15, 0.2) is 18.7 Å². The molecule has 1 heterocycles. The fraction of sp³-hybridized carbons (Fsp3) is 0.500. The molecular formula is C8H12F6N3P. The van der Waals surface area contributed by atoms with Gasteiger partial charge in [-0.1, -0.05) is 6.92 Å². The van der Waals surface area contributed by atoms with Crippen LogP contribution in [0.25, 0.3) is 0 Å². The van der Waals surface area contributed by atoms with Crippen LogP contribution in [0.4, 0.5) is 25.2 Å². The molecule has 1 unspecified atom stereocenters. The van der Waals surface area contributed by atoms with E-state index in [9.17, 15) is 25.2 Å². The van der Waals surface area contributed by atoms with Crippen molar-refractivity contribution >= 4 is 7.81 Å². The van der Waals surface area contributed by atoms with E-state index in [2.05, 4.69) is 6.07 Å². The molecule has 10 heteroatoms. The molecule has 0 aliphatic rings. The van der Waals surface area contributed by atoms with Gasteiger partial charge in [0.1, 0.15) is 18.5 Å². The van der Waals surface area contributed by atoms with Crippen LogP contribution < -0.4 is 4.57 Å². The quantitative estimate of drug-likeness (QED) is 0.458. The predicted molar refractivity (Wildman–Crippen MR) is 54.1 cm³/mol. The number of halogens is 6. The molecule has 18 heavy (non-hydrogen) atoms. The Morgan fingerprint density at radius 1 is 1.28 bits per heavy atom. The summed E-state index contributed by atoms with van der Waals surface area (Å²) in [6.07, 6.45) is 6.61. The molecule has 0 aliphatic carbocycles. The summed E-state index contributed by atoms with van der Waals surface area (Å²) < 4.78 is 63.0. The molecule has 0 bridgehead atoms. The summed E-state index contributed by atoms with van der Waals surface area (Å²) >= 11 is 0. The van der Waals surface area contributed by atoms with Gasteiger partial charge in [-0.15, -0.1) is 0 Å². The van der Waals surface area contributed by atoms with Crippen LogP contribution in [0.1, 0.15) is 19.4 Å². The van der Waals surface area contributed by atoms with Gasteiger partial charge in [0.25, 0.3) is 0 Å². The molecule has 0 aromatic carbocycles. The van der Waals surface area contributed by atoms with Crippen LogP contribution in [0, 0.1) is 11.3 Å². The standard InChI is InChI=1S/C8H12N3.F6P/c1-3-8(6-9)11-5-4-10(2)7-11;1-7(2,3,4,5)6/h4-5,7-8H,3H2,1-2H3;/q+1;-1. The molecule has 0 N–H and O–H groups in total. The van der Waals surface area contributed by atoms with Gasteiger partial charge in [0, 0.05) is 0 Å². The van der Waals surface area contributed by atoms with Crippen LogP contribution in [-0.4, -0.2) is 4.57 Å². The number of aryl methyl sites for hydroxylation is 1. The average Bonchev–Trinajstić information content (AvgIpc) is 2.49. The number of hydrogen-bond acceptors (Lipinski definition) is 1. The summed E-state index contributed by atoms with van der Waals surface area (Å²) in [6, 6.07) is 2.21. The molecule has 0 radical (unpaired) electrons. The first-order valence-corrected chi connectivity index (χ1v) is 6.74. The second-order valence-corrected chi connectivity index (χ2v) is 5.45. The topological polar surface area (TPSA) is 32.6 Å². The number of imidazole rings is 1. The summed E-state index contributed by atoms with van der Waals surface area (Å²) in [7, 11) is -8.71. The van der Waals surface area contributed by atoms with Gasteiger partial charge in [0.15, 0.2) is 6.04 Å². The van der Waals surface area contributed by atoms with Crippen molar-refractivity contribution in [3.05, 3.63) is 18.7 Å². The molecular weight excluding hydrogens is 283 g/mol. The zero-order valence-corrected chi connectivity index (χ0v) is 10.5. The van der Waals surface area contributed by atoms with Crippen molar-refractivity contribution in [3.63, 3.8) is 0 Å². The van der Waals surface area contributed by atoms with Gasteiger partial charge >= 0.3 is 33.0 Å². The van der Waals surface area contributed by atoms with E-state index in [-0.39, 0.29) is 6.04 Å². The van der Waals surface area contributed by atoms with E-state index in [1.54, 1.807) is 0 Å². The van der Waals surface area contributed by atoms with Crippen LogP contribution in [0.2, 0.25) is 0 Å². The van der Waals surface area contributed by atoms with Gasteiger partial charge in [-0.2, -0.15) is 5.26 Å². The Hall–Kier alpha value is -1.29. The van der Waals surface area contributed by atoms with Gasteiger partial charge in [0.05, 0.1) is 7.05 Å².